The summed E-state index contributed by atoms with van der Waals surface area (Å²) >= 11 is 0. The van der Waals surface area contributed by atoms with E-state index in [1.54, 1.807) is 0 Å². The number of nitrogens with zero attached hydrogens (tertiary/aromatic N) is 1. The summed E-state index contributed by atoms with van der Waals surface area (Å²) in [5.41, 5.74) is 6.38. The Balaban J connectivity index is 1.77. The third kappa shape index (κ3) is 5.63. The topological polar surface area (TPSA) is 24.9 Å². The molecule has 2 nitrogen and oxygen atoms in total. The number of hydrogen-bond acceptors (Lipinski definition) is 2. The fraction of sp³-hybridized carbons (Fsp3) is 0.400. The van der Waals surface area contributed by atoms with Crippen LogP contribution in [0.2, 0.25) is 0 Å². The van der Waals surface area contributed by atoms with Gasteiger partial charge in [0.1, 0.15) is 0 Å². The summed E-state index contributed by atoms with van der Waals surface area (Å²) in [7, 11) is 2.79. The highest BCUT2D eigenvalue weighted by Crippen LogP contribution is 2.30. The van der Waals surface area contributed by atoms with Crippen molar-refractivity contribution in [1.82, 2.24) is 10.3 Å². The van der Waals surface area contributed by atoms with Gasteiger partial charge in [0.15, 0.2) is 0 Å². The molecule has 0 bridgehead atoms. The normalized spacial score (nSPS) is 11.2. The Morgan fingerprint density at radius 2 is 1.79 bits per heavy atom. The third-order valence-corrected chi connectivity index (χ3v) is 5.72. The first kappa shape index (κ1) is 21.0. The molecule has 0 saturated carbocycles. The summed E-state index contributed by atoms with van der Waals surface area (Å²) in [5.74, 6) is 0. The molecule has 2 aromatic carbocycles. The number of rotatable bonds is 11. The lowest BCUT2D eigenvalue weighted by Gasteiger charge is -2.12. The number of unbranched alkanes of at least 4 members (excludes halogenated alkanes) is 3. The first-order chi connectivity index (χ1) is 13.8. The van der Waals surface area contributed by atoms with Crippen molar-refractivity contribution < 1.29 is 0 Å². The van der Waals surface area contributed by atoms with Crippen LogP contribution in [0.1, 0.15) is 50.2 Å². The minimum absolute atomic E-state index is 0.870. The molecular weight excluding hydrogens is 359 g/mol. The molecule has 0 fully saturated rings. The van der Waals surface area contributed by atoms with Crippen molar-refractivity contribution in [3.63, 3.8) is 0 Å². The first-order valence-corrected chi connectivity index (χ1v) is 11.5. The second-order valence-corrected chi connectivity index (χ2v) is 8.08. The fourth-order valence-corrected chi connectivity index (χ4v) is 3.89. The standard InChI is InChI=1S/C25H33N2P/c1-2-3-4-5-8-20-10-12-21(13-11-20)23-15-14-22(19-26-16-7-18-28)25-24(23)9-6-17-27-25/h6,9-15,17,26H,2-5,7-8,16,18-19,28H2,1H3. The molecule has 1 aromatic heterocycles. The van der Waals surface area contributed by atoms with Gasteiger partial charge < -0.3 is 5.32 Å². The van der Waals surface area contributed by atoms with E-state index in [0.717, 1.165) is 24.8 Å². The van der Waals surface area contributed by atoms with Crippen molar-refractivity contribution >= 4 is 20.1 Å². The maximum absolute atomic E-state index is 4.70. The monoisotopic (exact) mass is 392 g/mol. The Morgan fingerprint density at radius 1 is 0.929 bits per heavy atom. The molecule has 0 spiro atoms. The van der Waals surface area contributed by atoms with E-state index in [0.29, 0.717) is 0 Å². The fourth-order valence-electron chi connectivity index (χ4n) is 3.68. The molecule has 0 radical (unpaired) electrons. The number of hydrogen-bond donors (Lipinski definition) is 1. The van der Waals surface area contributed by atoms with Gasteiger partial charge in [-0.1, -0.05) is 68.7 Å². The van der Waals surface area contributed by atoms with Crippen LogP contribution in [0, 0.1) is 0 Å². The van der Waals surface area contributed by atoms with Gasteiger partial charge in [0.05, 0.1) is 5.52 Å². The zero-order valence-corrected chi connectivity index (χ0v) is 18.2. The first-order valence-electron chi connectivity index (χ1n) is 10.7. The van der Waals surface area contributed by atoms with Crippen LogP contribution in [0.3, 0.4) is 0 Å². The molecule has 0 aliphatic heterocycles. The lowest BCUT2D eigenvalue weighted by atomic mass is 9.96. The van der Waals surface area contributed by atoms with Gasteiger partial charge in [0.2, 0.25) is 0 Å². The molecule has 0 aliphatic rings. The van der Waals surface area contributed by atoms with Gasteiger partial charge in [-0.15, -0.1) is 9.24 Å². The quantitative estimate of drug-likeness (QED) is 0.302. The summed E-state index contributed by atoms with van der Waals surface area (Å²) in [6.45, 7) is 4.17. The lowest BCUT2D eigenvalue weighted by molar-refractivity contribution is 0.667. The highest BCUT2D eigenvalue weighted by atomic mass is 31.0. The van der Waals surface area contributed by atoms with Crippen LogP contribution < -0.4 is 5.32 Å². The molecule has 1 heterocycles. The Morgan fingerprint density at radius 3 is 2.57 bits per heavy atom. The van der Waals surface area contributed by atoms with Crippen molar-refractivity contribution in [1.29, 1.82) is 0 Å². The van der Waals surface area contributed by atoms with E-state index in [4.69, 9.17) is 4.98 Å². The molecule has 3 rings (SSSR count). The SMILES string of the molecule is CCCCCCc1ccc(-c2ccc(CNCCCP)c3ncccc23)cc1. The van der Waals surface area contributed by atoms with Gasteiger partial charge in [-0.3, -0.25) is 4.98 Å². The lowest BCUT2D eigenvalue weighted by Crippen LogP contribution is -2.15. The van der Waals surface area contributed by atoms with E-state index in [1.807, 2.05) is 12.3 Å². The van der Waals surface area contributed by atoms with Crippen LogP contribution in [0.15, 0.2) is 54.7 Å². The molecule has 0 saturated heterocycles. The van der Waals surface area contributed by atoms with Crippen LogP contribution in [-0.2, 0) is 13.0 Å². The number of benzene rings is 2. The van der Waals surface area contributed by atoms with Crippen LogP contribution in [0.25, 0.3) is 22.0 Å². The summed E-state index contributed by atoms with van der Waals surface area (Å²) in [6.07, 6.45) is 10.7. The van der Waals surface area contributed by atoms with Gasteiger partial charge in [-0.2, -0.15) is 0 Å². The van der Waals surface area contributed by atoms with E-state index in [-0.39, 0.29) is 0 Å². The molecule has 0 aliphatic carbocycles. The van der Waals surface area contributed by atoms with E-state index in [1.165, 1.54) is 66.2 Å². The minimum Gasteiger partial charge on any atom is -0.313 e. The Labute approximate surface area is 172 Å². The van der Waals surface area contributed by atoms with Crippen molar-refractivity contribution in [3.05, 3.63) is 65.9 Å². The molecule has 28 heavy (non-hydrogen) atoms. The van der Waals surface area contributed by atoms with Gasteiger partial charge in [0.25, 0.3) is 0 Å². The molecule has 1 unspecified atom stereocenters. The molecule has 3 heteroatoms. The van der Waals surface area contributed by atoms with Crippen molar-refractivity contribution in [2.24, 2.45) is 0 Å². The summed E-state index contributed by atoms with van der Waals surface area (Å²) < 4.78 is 0. The summed E-state index contributed by atoms with van der Waals surface area (Å²) in [4.78, 5) is 4.70. The third-order valence-electron chi connectivity index (χ3n) is 5.31. The predicted octanol–water partition coefficient (Wildman–Crippen LogP) is 6.38. The van der Waals surface area contributed by atoms with Crippen molar-refractivity contribution in [2.45, 2.75) is 52.0 Å². The van der Waals surface area contributed by atoms with Gasteiger partial charge in [0, 0.05) is 18.1 Å². The van der Waals surface area contributed by atoms with Crippen LogP contribution in [0.5, 0.6) is 0 Å². The molecule has 1 atom stereocenters. The maximum Gasteiger partial charge on any atom is 0.0753 e. The predicted molar refractivity (Wildman–Crippen MR) is 126 cm³/mol. The van der Waals surface area contributed by atoms with Crippen molar-refractivity contribution in [3.8, 4) is 11.1 Å². The molecule has 0 amide bonds. The minimum atomic E-state index is 0.870. The highest BCUT2D eigenvalue weighted by Gasteiger charge is 2.09. The van der Waals surface area contributed by atoms with E-state index < -0.39 is 0 Å². The Kier molecular flexibility index (Phi) is 8.45. The zero-order valence-electron chi connectivity index (χ0n) is 17.1. The maximum atomic E-state index is 4.70. The van der Waals surface area contributed by atoms with E-state index >= 15 is 0 Å². The number of fused-ring (bicyclic) bond motifs is 1. The van der Waals surface area contributed by atoms with Crippen LogP contribution in [-0.4, -0.2) is 17.7 Å². The van der Waals surface area contributed by atoms with E-state index in [9.17, 15) is 0 Å². The second-order valence-electron chi connectivity index (χ2n) is 7.50. The number of aromatic nitrogens is 1. The number of aryl methyl sites for hydroxylation is 1. The molecule has 3 aromatic rings. The average molecular weight is 393 g/mol. The largest absolute Gasteiger partial charge is 0.313 e. The zero-order chi connectivity index (χ0) is 19.6. The van der Waals surface area contributed by atoms with E-state index in [2.05, 4.69) is 63.9 Å². The number of pyridine rings is 1. The summed E-state index contributed by atoms with van der Waals surface area (Å²) in [5, 5.41) is 4.78. The second kappa shape index (κ2) is 11.3. The van der Waals surface area contributed by atoms with Gasteiger partial charge in [-0.05, 0) is 60.3 Å². The Bertz CT molecular complexity index is 858. The smallest absolute Gasteiger partial charge is 0.0753 e. The summed E-state index contributed by atoms with van der Waals surface area (Å²) in [6, 6.07) is 17.9. The molecule has 148 valence electrons. The average Bonchev–Trinajstić information content (AvgIpc) is 2.75. The Hall–Kier alpha value is -1.76. The van der Waals surface area contributed by atoms with Crippen LogP contribution >= 0.6 is 9.24 Å². The van der Waals surface area contributed by atoms with Gasteiger partial charge >= 0.3 is 0 Å². The molecular formula is C25H33N2P. The molecule has 1 N–H and O–H groups in total. The van der Waals surface area contributed by atoms with Crippen molar-refractivity contribution in [2.75, 3.05) is 12.7 Å². The number of nitrogens with one attached hydrogen (secondary N) is 1. The van der Waals surface area contributed by atoms with Crippen LogP contribution in [0.4, 0.5) is 0 Å². The van der Waals surface area contributed by atoms with Gasteiger partial charge in [-0.25, -0.2) is 0 Å². The highest BCUT2D eigenvalue weighted by molar-refractivity contribution is 7.16.